The fourth-order valence-corrected chi connectivity index (χ4v) is 2.34. The minimum atomic E-state index is -0.158. The van der Waals surface area contributed by atoms with Crippen molar-refractivity contribution in [3.05, 3.63) is 59.9 Å². The highest BCUT2D eigenvalue weighted by Gasteiger charge is 2.26. The van der Waals surface area contributed by atoms with Crippen molar-refractivity contribution in [2.75, 3.05) is 0 Å². The highest BCUT2D eigenvalue weighted by molar-refractivity contribution is 5.76. The van der Waals surface area contributed by atoms with E-state index in [1.54, 1.807) is 6.20 Å². The van der Waals surface area contributed by atoms with E-state index < -0.39 is 0 Å². The molecule has 0 saturated heterocycles. The molecule has 1 aliphatic rings. The Morgan fingerprint density at radius 3 is 2.83 bits per heavy atom. The summed E-state index contributed by atoms with van der Waals surface area (Å²) in [6.07, 6.45) is 2.98. The van der Waals surface area contributed by atoms with Gasteiger partial charge in [0.15, 0.2) is 0 Å². The number of pyridine rings is 1. The van der Waals surface area contributed by atoms with Crippen molar-refractivity contribution in [2.45, 2.75) is 18.8 Å². The van der Waals surface area contributed by atoms with Crippen LogP contribution in [-0.2, 0) is 11.2 Å². The molecule has 1 unspecified atom stereocenters. The van der Waals surface area contributed by atoms with Crippen LogP contribution in [0.4, 0.5) is 0 Å². The molecule has 0 saturated carbocycles. The second kappa shape index (κ2) is 4.61. The Kier molecular flexibility index (Phi) is 2.81. The number of carbonyl (C=O) groups is 1. The quantitative estimate of drug-likeness (QED) is 0.597. The molecular formula is C15H13NO2. The van der Waals surface area contributed by atoms with Crippen molar-refractivity contribution in [1.82, 2.24) is 4.98 Å². The van der Waals surface area contributed by atoms with Crippen LogP contribution in [-0.4, -0.2) is 11.0 Å². The molecule has 3 nitrogen and oxygen atoms in total. The fourth-order valence-electron chi connectivity index (χ4n) is 2.34. The first-order valence-electron chi connectivity index (χ1n) is 6.02. The first-order valence-corrected chi connectivity index (χ1v) is 6.02. The van der Waals surface area contributed by atoms with Gasteiger partial charge < -0.3 is 4.74 Å². The van der Waals surface area contributed by atoms with Crippen LogP contribution in [0.3, 0.4) is 0 Å². The van der Waals surface area contributed by atoms with E-state index in [0.717, 1.165) is 17.7 Å². The molecule has 0 fully saturated rings. The van der Waals surface area contributed by atoms with Crippen LogP contribution in [0.5, 0.6) is 5.75 Å². The molecule has 3 rings (SSSR count). The molecule has 1 aromatic heterocycles. The topological polar surface area (TPSA) is 39.2 Å². The summed E-state index contributed by atoms with van der Waals surface area (Å²) in [6, 6.07) is 13.6. The number of fused-ring (bicyclic) bond motifs is 1. The van der Waals surface area contributed by atoms with Gasteiger partial charge in [-0.1, -0.05) is 24.3 Å². The summed E-state index contributed by atoms with van der Waals surface area (Å²) in [6.45, 7) is 0. The van der Waals surface area contributed by atoms with E-state index in [4.69, 9.17) is 4.74 Å². The SMILES string of the molecule is O=C1CC(Cc2ccccn2)c2ccccc2O1. The summed E-state index contributed by atoms with van der Waals surface area (Å²) in [4.78, 5) is 15.9. The predicted octanol–water partition coefficient (Wildman–Crippen LogP) is 2.72. The van der Waals surface area contributed by atoms with Gasteiger partial charge in [-0.05, 0) is 30.2 Å². The Morgan fingerprint density at radius 1 is 1.17 bits per heavy atom. The highest BCUT2D eigenvalue weighted by atomic mass is 16.5. The van der Waals surface area contributed by atoms with Crippen molar-refractivity contribution >= 4 is 5.97 Å². The lowest BCUT2D eigenvalue weighted by Gasteiger charge is -2.23. The van der Waals surface area contributed by atoms with Gasteiger partial charge >= 0.3 is 5.97 Å². The molecule has 18 heavy (non-hydrogen) atoms. The number of esters is 1. The number of hydrogen-bond donors (Lipinski definition) is 0. The molecule has 0 radical (unpaired) electrons. The summed E-state index contributed by atoms with van der Waals surface area (Å²) in [5.74, 6) is 0.696. The van der Waals surface area contributed by atoms with Gasteiger partial charge in [0.2, 0.25) is 0 Å². The number of para-hydroxylation sites is 1. The van der Waals surface area contributed by atoms with E-state index in [0.29, 0.717) is 12.2 Å². The highest BCUT2D eigenvalue weighted by Crippen LogP contribution is 2.35. The van der Waals surface area contributed by atoms with E-state index in [1.165, 1.54) is 0 Å². The average Bonchev–Trinajstić information content (AvgIpc) is 2.40. The lowest BCUT2D eigenvalue weighted by molar-refractivity contribution is -0.135. The Hall–Kier alpha value is -2.16. The van der Waals surface area contributed by atoms with Crippen molar-refractivity contribution in [2.24, 2.45) is 0 Å². The average molecular weight is 239 g/mol. The standard InChI is InChI=1S/C15H13NO2/c17-15-10-11(9-12-5-3-4-8-16-12)13-6-1-2-7-14(13)18-15/h1-8,11H,9-10H2. The molecular weight excluding hydrogens is 226 g/mol. The van der Waals surface area contributed by atoms with Crippen LogP contribution < -0.4 is 4.74 Å². The zero-order valence-corrected chi connectivity index (χ0v) is 9.87. The Bertz CT molecular complexity index is 566. The molecule has 2 heterocycles. The first kappa shape index (κ1) is 11.0. The molecule has 90 valence electrons. The Labute approximate surface area is 105 Å². The second-order valence-corrected chi connectivity index (χ2v) is 4.44. The first-order chi connectivity index (χ1) is 8.83. The molecule has 0 bridgehead atoms. The van der Waals surface area contributed by atoms with Crippen molar-refractivity contribution in [3.8, 4) is 5.75 Å². The van der Waals surface area contributed by atoms with Crippen molar-refractivity contribution in [3.63, 3.8) is 0 Å². The van der Waals surface area contributed by atoms with Crippen molar-refractivity contribution < 1.29 is 9.53 Å². The van der Waals surface area contributed by atoms with Crippen molar-refractivity contribution in [1.29, 1.82) is 0 Å². The maximum Gasteiger partial charge on any atom is 0.311 e. The van der Waals surface area contributed by atoms with E-state index in [-0.39, 0.29) is 11.9 Å². The number of benzene rings is 1. The van der Waals surface area contributed by atoms with Gasteiger partial charge in [-0.3, -0.25) is 9.78 Å². The largest absolute Gasteiger partial charge is 0.426 e. The Balaban J connectivity index is 1.91. The van der Waals surface area contributed by atoms with Crippen LogP contribution in [0.2, 0.25) is 0 Å². The molecule has 0 amide bonds. The molecule has 0 N–H and O–H groups in total. The fraction of sp³-hybridized carbons (Fsp3) is 0.200. The summed E-state index contributed by atoms with van der Waals surface area (Å²) in [7, 11) is 0. The number of hydrogen-bond acceptors (Lipinski definition) is 3. The van der Waals surface area contributed by atoms with Gasteiger partial charge in [0.1, 0.15) is 5.75 Å². The summed E-state index contributed by atoms with van der Waals surface area (Å²) < 4.78 is 5.24. The Morgan fingerprint density at radius 2 is 2.00 bits per heavy atom. The lowest BCUT2D eigenvalue weighted by atomic mass is 9.89. The van der Waals surface area contributed by atoms with Crippen LogP contribution in [0, 0.1) is 0 Å². The molecule has 1 aromatic carbocycles. The van der Waals surface area contributed by atoms with Gasteiger partial charge in [0, 0.05) is 17.8 Å². The van der Waals surface area contributed by atoms with Crippen LogP contribution >= 0.6 is 0 Å². The van der Waals surface area contributed by atoms with Gasteiger partial charge in [0.05, 0.1) is 6.42 Å². The molecule has 0 spiro atoms. The van der Waals surface area contributed by atoms with E-state index in [2.05, 4.69) is 4.98 Å². The van der Waals surface area contributed by atoms with Gasteiger partial charge in [-0.2, -0.15) is 0 Å². The van der Waals surface area contributed by atoms with Crippen LogP contribution in [0.25, 0.3) is 0 Å². The third-order valence-electron chi connectivity index (χ3n) is 3.18. The molecule has 2 aromatic rings. The maximum atomic E-state index is 11.6. The number of aromatic nitrogens is 1. The molecule has 3 heteroatoms. The molecule has 1 aliphatic heterocycles. The smallest absolute Gasteiger partial charge is 0.311 e. The van der Waals surface area contributed by atoms with Crippen LogP contribution in [0.1, 0.15) is 23.6 Å². The van der Waals surface area contributed by atoms with Crippen LogP contribution in [0.15, 0.2) is 48.7 Å². The maximum absolute atomic E-state index is 11.6. The number of nitrogens with zero attached hydrogens (tertiary/aromatic N) is 1. The lowest BCUT2D eigenvalue weighted by Crippen LogP contribution is -2.21. The second-order valence-electron chi connectivity index (χ2n) is 4.44. The van der Waals surface area contributed by atoms with E-state index >= 15 is 0 Å². The summed E-state index contributed by atoms with van der Waals surface area (Å²) >= 11 is 0. The van der Waals surface area contributed by atoms with Gasteiger partial charge in [0.25, 0.3) is 0 Å². The number of ether oxygens (including phenoxy) is 1. The summed E-state index contributed by atoms with van der Waals surface area (Å²) in [5.41, 5.74) is 2.11. The minimum absolute atomic E-state index is 0.158. The zero-order chi connectivity index (χ0) is 12.4. The number of rotatable bonds is 2. The predicted molar refractivity (Wildman–Crippen MR) is 67.4 cm³/mol. The minimum Gasteiger partial charge on any atom is -0.426 e. The van der Waals surface area contributed by atoms with Gasteiger partial charge in [-0.25, -0.2) is 0 Å². The molecule has 0 aliphatic carbocycles. The summed E-state index contributed by atoms with van der Waals surface area (Å²) in [5, 5.41) is 0. The number of carbonyl (C=O) groups excluding carboxylic acids is 1. The zero-order valence-electron chi connectivity index (χ0n) is 9.87. The monoisotopic (exact) mass is 239 g/mol. The third-order valence-corrected chi connectivity index (χ3v) is 3.18. The third kappa shape index (κ3) is 2.12. The molecule has 1 atom stereocenters. The van der Waals surface area contributed by atoms with E-state index in [1.807, 2.05) is 42.5 Å². The van der Waals surface area contributed by atoms with Gasteiger partial charge in [-0.15, -0.1) is 0 Å². The normalized spacial score (nSPS) is 18.0. The van der Waals surface area contributed by atoms with E-state index in [9.17, 15) is 4.79 Å².